The average Bonchev–Trinajstić information content (AvgIpc) is 2.19. The van der Waals surface area contributed by atoms with Gasteiger partial charge in [0.05, 0.1) is 5.92 Å². The van der Waals surface area contributed by atoms with Gasteiger partial charge >= 0.3 is 12.0 Å². The smallest absolute Gasteiger partial charge is 0.319 e. The highest BCUT2D eigenvalue weighted by Gasteiger charge is 2.43. The van der Waals surface area contributed by atoms with Crippen molar-refractivity contribution in [3.05, 3.63) is 0 Å². The minimum atomic E-state index is -0.810. The molecule has 2 rings (SSSR count). The molecule has 19 heavy (non-hydrogen) atoms. The van der Waals surface area contributed by atoms with Gasteiger partial charge < -0.3 is 19.8 Å². The number of likely N-dealkylation sites (N-methyl/N-ethyl adjacent to an activating group) is 2. The van der Waals surface area contributed by atoms with Crippen LogP contribution >= 0.6 is 0 Å². The SMILES string of the molecule is CN(CC1(N(C)C)CCC1)C(=O)N1CC(C(=O)O)C1. The van der Waals surface area contributed by atoms with Crippen LogP contribution in [0.25, 0.3) is 0 Å². The highest BCUT2D eigenvalue weighted by Crippen LogP contribution is 2.36. The largest absolute Gasteiger partial charge is 0.481 e. The molecule has 1 saturated carbocycles. The van der Waals surface area contributed by atoms with Crippen LogP contribution in [-0.4, -0.2) is 78.1 Å². The molecule has 1 N–H and O–H groups in total. The van der Waals surface area contributed by atoms with Crippen LogP contribution in [0.1, 0.15) is 19.3 Å². The van der Waals surface area contributed by atoms with Crippen LogP contribution in [0.2, 0.25) is 0 Å². The summed E-state index contributed by atoms with van der Waals surface area (Å²) in [7, 11) is 5.92. The first-order chi connectivity index (χ1) is 8.85. The van der Waals surface area contributed by atoms with E-state index in [1.54, 1.807) is 16.8 Å². The summed E-state index contributed by atoms with van der Waals surface area (Å²) < 4.78 is 0. The average molecular weight is 269 g/mol. The molecule has 0 aromatic heterocycles. The molecule has 0 spiro atoms. The topological polar surface area (TPSA) is 64.1 Å². The van der Waals surface area contributed by atoms with E-state index in [0.29, 0.717) is 19.6 Å². The number of hydrogen-bond acceptors (Lipinski definition) is 3. The highest BCUT2D eigenvalue weighted by atomic mass is 16.4. The highest BCUT2D eigenvalue weighted by molar-refractivity contribution is 5.79. The van der Waals surface area contributed by atoms with E-state index >= 15 is 0 Å². The van der Waals surface area contributed by atoms with E-state index < -0.39 is 5.97 Å². The fourth-order valence-electron chi connectivity index (χ4n) is 2.87. The molecule has 0 unspecified atom stereocenters. The van der Waals surface area contributed by atoms with Gasteiger partial charge in [0.15, 0.2) is 0 Å². The van der Waals surface area contributed by atoms with Crippen LogP contribution in [0.15, 0.2) is 0 Å². The molecular formula is C13H23N3O3. The predicted molar refractivity (Wildman–Crippen MR) is 71.0 cm³/mol. The van der Waals surface area contributed by atoms with E-state index in [-0.39, 0.29) is 17.5 Å². The third-order valence-electron chi connectivity index (χ3n) is 4.59. The first-order valence-corrected chi connectivity index (χ1v) is 6.76. The second-order valence-corrected chi connectivity index (χ2v) is 6.05. The maximum absolute atomic E-state index is 12.2. The van der Waals surface area contributed by atoms with Crippen LogP contribution in [-0.2, 0) is 4.79 Å². The predicted octanol–water partition coefficient (Wildman–Crippen LogP) is 0.539. The Labute approximate surface area is 114 Å². The molecule has 0 aromatic rings. The Hall–Kier alpha value is -1.30. The molecule has 1 aliphatic heterocycles. The van der Waals surface area contributed by atoms with Crippen LogP contribution in [0.3, 0.4) is 0 Å². The third-order valence-corrected chi connectivity index (χ3v) is 4.59. The number of carbonyl (C=O) groups excluding carboxylic acids is 1. The van der Waals surface area contributed by atoms with Crippen molar-refractivity contribution in [1.29, 1.82) is 0 Å². The zero-order valence-corrected chi connectivity index (χ0v) is 11.9. The van der Waals surface area contributed by atoms with Gasteiger partial charge in [-0.2, -0.15) is 0 Å². The summed E-state index contributed by atoms with van der Waals surface area (Å²) in [6.45, 7) is 1.40. The Kier molecular flexibility index (Phi) is 3.71. The summed E-state index contributed by atoms with van der Waals surface area (Å²) >= 11 is 0. The second kappa shape index (κ2) is 5.00. The lowest BCUT2D eigenvalue weighted by Gasteiger charge is -2.50. The van der Waals surface area contributed by atoms with E-state index in [2.05, 4.69) is 19.0 Å². The van der Waals surface area contributed by atoms with Crippen molar-refractivity contribution in [1.82, 2.24) is 14.7 Å². The minimum Gasteiger partial charge on any atom is -0.481 e. The number of amides is 2. The minimum absolute atomic E-state index is 0.0503. The molecule has 2 amide bonds. The number of carboxylic acid groups (broad SMARTS) is 1. The van der Waals surface area contributed by atoms with Gasteiger partial charge in [-0.3, -0.25) is 4.79 Å². The lowest BCUT2D eigenvalue weighted by Crippen LogP contribution is -2.61. The molecule has 0 radical (unpaired) electrons. The number of hydrogen-bond donors (Lipinski definition) is 1. The van der Waals surface area contributed by atoms with Crippen molar-refractivity contribution in [3.8, 4) is 0 Å². The standard InChI is InChI=1S/C13H23N3O3/c1-14(2)13(5-4-6-13)9-15(3)12(19)16-7-10(8-16)11(17)18/h10H,4-9H2,1-3H3,(H,17,18). The summed E-state index contributed by atoms with van der Waals surface area (Å²) in [6, 6.07) is -0.0503. The fraction of sp³-hybridized carbons (Fsp3) is 0.846. The molecule has 6 heteroatoms. The molecule has 2 aliphatic rings. The number of carboxylic acids is 1. The monoisotopic (exact) mass is 269 g/mol. The van der Waals surface area contributed by atoms with E-state index in [4.69, 9.17) is 5.11 Å². The third kappa shape index (κ3) is 2.54. The van der Waals surface area contributed by atoms with Crippen LogP contribution in [0, 0.1) is 5.92 Å². The van der Waals surface area contributed by atoms with E-state index in [1.807, 2.05) is 0 Å². The molecule has 0 atom stereocenters. The van der Waals surface area contributed by atoms with E-state index in [0.717, 1.165) is 12.8 Å². The lowest BCUT2D eigenvalue weighted by atomic mass is 9.75. The van der Waals surface area contributed by atoms with Crippen molar-refractivity contribution in [2.75, 3.05) is 40.8 Å². The fourth-order valence-corrected chi connectivity index (χ4v) is 2.87. The van der Waals surface area contributed by atoms with Crippen LogP contribution < -0.4 is 0 Å². The van der Waals surface area contributed by atoms with Crippen molar-refractivity contribution in [2.45, 2.75) is 24.8 Å². The quantitative estimate of drug-likeness (QED) is 0.809. The number of carbonyl (C=O) groups is 2. The Morgan fingerprint density at radius 3 is 2.21 bits per heavy atom. The van der Waals surface area contributed by atoms with Gasteiger partial charge in [-0.1, -0.05) is 0 Å². The van der Waals surface area contributed by atoms with Gasteiger partial charge in [0, 0.05) is 32.2 Å². The summed E-state index contributed by atoms with van der Waals surface area (Å²) in [5.74, 6) is -1.20. The van der Waals surface area contributed by atoms with Crippen LogP contribution in [0.5, 0.6) is 0 Å². The van der Waals surface area contributed by atoms with Gasteiger partial charge in [-0.05, 0) is 33.4 Å². The van der Waals surface area contributed by atoms with Crippen LogP contribution in [0.4, 0.5) is 4.79 Å². The van der Waals surface area contributed by atoms with Crippen molar-refractivity contribution in [3.63, 3.8) is 0 Å². The number of urea groups is 1. The van der Waals surface area contributed by atoms with Gasteiger partial charge in [-0.25, -0.2) is 4.79 Å². The molecule has 2 fully saturated rings. The Morgan fingerprint density at radius 1 is 1.26 bits per heavy atom. The summed E-state index contributed by atoms with van der Waals surface area (Å²) in [5.41, 5.74) is 0.113. The zero-order chi connectivity index (χ0) is 14.2. The number of rotatable bonds is 4. The molecular weight excluding hydrogens is 246 g/mol. The summed E-state index contributed by atoms with van der Waals surface area (Å²) in [6.07, 6.45) is 3.45. The molecule has 6 nitrogen and oxygen atoms in total. The van der Waals surface area contributed by atoms with Crippen molar-refractivity contribution >= 4 is 12.0 Å². The van der Waals surface area contributed by atoms with Gasteiger partial charge in [0.25, 0.3) is 0 Å². The summed E-state index contributed by atoms with van der Waals surface area (Å²) in [4.78, 5) is 28.5. The molecule has 1 aliphatic carbocycles. The first-order valence-electron chi connectivity index (χ1n) is 6.76. The normalized spacial score (nSPS) is 21.8. The van der Waals surface area contributed by atoms with Gasteiger partial charge in [0.2, 0.25) is 0 Å². The maximum Gasteiger partial charge on any atom is 0.319 e. The molecule has 1 heterocycles. The summed E-state index contributed by atoms with van der Waals surface area (Å²) in [5, 5.41) is 8.82. The van der Waals surface area contributed by atoms with Crippen molar-refractivity contribution < 1.29 is 14.7 Å². The number of nitrogens with zero attached hydrogens (tertiary/aromatic N) is 3. The number of likely N-dealkylation sites (tertiary alicyclic amines) is 1. The zero-order valence-electron chi connectivity index (χ0n) is 11.9. The second-order valence-electron chi connectivity index (χ2n) is 6.05. The van der Waals surface area contributed by atoms with Crippen molar-refractivity contribution in [2.24, 2.45) is 5.92 Å². The maximum atomic E-state index is 12.2. The Balaban J connectivity index is 1.85. The first kappa shape index (κ1) is 14.1. The number of aliphatic carboxylic acids is 1. The van der Waals surface area contributed by atoms with E-state index in [9.17, 15) is 9.59 Å². The van der Waals surface area contributed by atoms with Gasteiger partial charge in [0.1, 0.15) is 0 Å². The molecule has 0 aromatic carbocycles. The molecule has 1 saturated heterocycles. The van der Waals surface area contributed by atoms with Gasteiger partial charge in [-0.15, -0.1) is 0 Å². The lowest BCUT2D eigenvalue weighted by molar-refractivity contribution is -0.146. The Morgan fingerprint density at radius 2 is 1.84 bits per heavy atom. The molecule has 108 valence electrons. The Bertz CT molecular complexity index is 373. The molecule has 0 bridgehead atoms. The van der Waals surface area contributed by atoms with E-state index in [1.165, 1.54) is 6.42 Å².